The van der Waals surface area contributed by atoms with Crippen molar-refractivity contribution in [2.45, 2.75) is 13.2 Å². The molecule has 0 spiro atoms. The van der Waals surface area contributed by atoms with Gasteiger partial charge in [-0.3, -0.25) is 0 Å². The normalized spacial score (nSPS) is 10.6. The van der Waals surface area contributed by atoms with Crippen LogP contribution < -0.4 is 5.73 Å². The molecule has 0 bridgehead atoms. The van der Waals surface area contributed by atoms with Gasteiger partial charge in [-0.1, -0.05) is 60.3 Å². The van der Waals surface area contributed by atoms with Gasteiger partial charge in [0, 0.05) is 11.4 Å². The first-order valence-electron chi connectivity index (χ1n) is 7.50. The molecule has 6 nitrogen and oxygen atoms in total. The molecule has 0 saturated carbocycles. The van der Waals surface area contributed by atoms with Crippen LogP contribution in [-0.4, -0.2) is 23.5 Å². The molecule has 0 aromatic heterocycles. The van der Waals surface area contributed by atoms with Crippen LogP contribution in [0.3, 0.4) is 0 Å². The van der Waals surface area contributed by atoms with E-state index in [4.69, 9.17) is 15.2 Å². The van der Waals surface area contributed by atoms with Crippen molar-refractivity contribution in [3.8, 4) is 0 Å². The van der Waals surface area contributed by atoms with E-state index in [2.05, 4.69) is 4.99 Å². The molecule has 0 aliphatic rings. The molecule has 2 aromatic carbocycles. The van der Waals surface area contributed by atoms with Crippen LogP contribution in [0.1, 0.15) is 21.5 Å². The van der Waals surface area contributed by atoms with Gasteiger partial charge in [0.15, 0.2) is 0 Å². The van der Waals surface area contributed by atoms with Gasteiger partial charge in [0.2, 0.25) is 0 Å². The van der Waals surface area contributed by atoms with Crippen molar-refractivity contribution in [2.75, 3.05) is 5.88 Å². The highest BCUT2D eigenvalue weighted by Crippen LogP contribution is 2.13. The fourth-order valence-electron chi connectivity index (χ4n) is 1.95. The number of amides is 1. The molecule has 0 saturated heterocycles. The van der Waals surface area contributed by atoms with E-state index in [1.54, 1.807) is 24.3 Å². The molecule has 0 aliphatic carbocycles. The summed E-state index contributed by atoms with van der Waals surface area (Å²) in [6.45, 7) is 0.106. The number of thioether (sulfide) groups is 1. The number of carbonyl (C=O) groups is 2. The van der Waals surface area contributed by atoms with Crippen LogP contribution in [0.25, 0.3) is 0 Å². The van der Waals surface area contributed by atoms with Crippen LogP contribution in [-0.2, 0) is 22.7 Å². The van der Waals surface area contributed by atoms with Crippen molar-refractivity contribution in [2.24, 2.45) is 10.7 Å². The predicted molar refractivity (Wildman–Crippen MR) is 97.3 cm³/mol. The Morgan fingerprint density at radius 2 is 1.72 bits per heavy atom. The molecule has 7 heteroatoms. The molecule has 130 valence electrons. The third-order valence-corrected chi connectivity index (χ3v) is 3.58. The van der Waals surface area contributed by atoms with E-state index < -0.39 is 12.1 Å². The van der Waals surface area contributed by atoms with Crippen molar-refractivity contribution in [1.29, 1.82) is 0 Å². The Morgan fingerprint density at radius 1 is 1.00 bits per heavy atom. The molecule has 2 aromatic rings. The summed E-state index contributed by atoms with van der Waals surface area (Å²) < 4.78 is 10.3. The number of hydrogen-bond donors (Lipinski definition) is 1. The second-order valence-electron chi connectivity index (χ2n) is 4.84. The van der Waals surface area contributed by atoms with Crippen molar-refractivity contribution < 1.29 is 19.1 Å². The third kappa shape index (κ3) is 6.40. The summed E-state index contributed by atoms with van der Waals surface area (Å²) in [6, 6.07) is 16.2. The molecule has 0 aliphatic heterocycles. The molecule has 0 atom stereocenters. The molecular weight excluding hydrogens is 340 g/mol. The van der Waals surface area contributed by atoms with Gasteiger partial charge < -0.3 is 15.2 Å². The van der Waals surface area contributed by atoms with Crippen molar-refractivity contribution in [3.05, 3.63) is 71.3 Å². The van der Waals surface area contributed by atoms with Crippen molar-refractivity contribution in [1.82, 2.24) is 0 Å². The third-order valence-electron chi connectivity index (χ3n) is 3.13. The number of nitrogens with two attached hydrogens (primary N) is 1. The average molecular weight is 358 g/mol. The second kappa shape index (κ2) is 10.3. The van der Waals surface area contributed by atoms with Crippen LogP contribution in [0.15, 0.2) is 59.6 Å². The van der Waals surface area contributed by atoms with Gasteiger partial charge in [-0.05, 0) is 11.6 Å². The van der Waals surface area contributed by atoms with Crippen LogP contribution in [0, 0.1) is 0 Å². The van der Waals surface area contributed by atoms with Gasteiger partial charge >= 0.3 is 12.1 Å². The summed E-state index contributed by atoms with van der Waals surface area (Å²) in [4.78, 5) is 27.3. The van der Waals surface area contributed by atoms with Crippen LogP contribution >= 0.6 is 11.8 Å². The van der Waals surface area contributed by atoms with Gasteiger partial charge in [0.1, 0.15) is 13.2 Å². The number of rotatable bonds is 7. The molecule has 25 heavy (non-hydrogen) atoms. The zero-order valence-electron chi connectivity index (χ0n) is 13.5. The van der Waals surface area contributed by atoms with E-state index in [0.717, 1.165) is 5.56 Å². The summed E-state index contributed by atoms with van der Waals surface area (Å²) in [6.07, 6.45) is -0.742. The molecule has 2 N–H and O–H groups in total. The highest BCUT2D eigenvalue weighted by Gasteiger charge is 2.13. The number of benzene rings is 2. The molecule has 1 amide bonds. The summed E-state index contributed by atoms with van der Waals surface area (Å²) >= 11 is 1.18. The van der Waals surface area contributed by atoms with E-state index in [1.807, 2.05) is 30.3 Å². The first-order chi connectivity index (χ1) is 12.2. The zero-order valence-corrected chi connectivity index (χ0v) is 14.3. The van der Waals surface area contributed by atoms with Crippen LogP contribution in [0.2, 0.25) is 0 Å². The van der Waals surface area contributed by atoms with E-state index in [-0.39, 0.29) is 13.2 Å². The SMILES string of the molecule is NCSC=NC(=O)OCc1ccccc1C(=O)OCc1ccccc1. The number of ether oxygens (including phenoxy) is 2. The second-order valence-corrected chi connectivity index (χ2v) is 5.72. The van der Waals surface area contributed by atoms with Gasteiger partial charge in [0.05, 0.1) is 11.1 Å². The van der Waals surface area contributed by atoms with Crippen molar-refractivity contribution in [3.63, 3.8) is 0 Å². The number of aliphatic imine (C=N–C) groups is 1. The molecule has 0 fully saturated rings. The Morgan fingerprint density at radius 3 is 2.48 bits per heavy atom. The predicted octanol–water partition coefficient (Wildman–Crippen LogP) is 3.36. The highest BCUT2D eigenvalue weighted by atomic mass is 32.2. The minimum atomic E-state index is -0.742. The van der Waals surface area contributed by atoms with Gasteiger partial charge in [0.25, 0.3) is 0 Å². The molecular formula is C18H18N2O4S. The lowest BCUT2D eigenvalue weighted by Gasteiger charge is -2.09. The maximum atomic E-state index is 12.3. The van der Waals surface area contributed by atoms with Gasteiger partial charge in [-0.25, -0.2) is 9.59 Å². The monoisotopic (exact) mass is 358 g/mol. The number of nitrogens with zero attached hydrogens (tertiary/aromatic N) is 1. The maximum Gasteiger partial charge on any atom is 0.434 e. The summed E-state index contributed by atoms with van der Waals surface area (Å²) in [5.41, 5.74) is 8.39. The molecule has 0 radical (unpaired) electrons. The lowest BCUT2D eigenvalue weighted by atomic mass is 10.1. The quantitative estimate of drug-likeness (QED) is 0.353. The minimum absolute atomic E-state index is 0.0694. The standard InChI is InChI=1S/C18H18N2O4S/c19-12-25-13-20-18(22)24-11-15-8-4-5-9-16(15)17(21)23-10-14-6-2-1-3-7-14/h1-9,13H,10-12,19H2. The van der Waals surface area contributed by atoms with E-state index in [0.29, 0.717) is 17.0 Å². The Kier molecular flexibility index (Phi) is 7.68. The van der Waals surface area contributed by atoms with Crippen molar-refractivity contribution >= 4 is 29.4 Å². The van der Waals surface area contributed by atoms with Gasteiger partial charge in [-0.15, -0.1) is 0 Å². The number of carbonyl (C=O) groups excluding carboxylic acids is 2. The number of esters is 1. The number of hydrogen-bond acceptors (Lipinski definition) is 6. The highest BCUT2D eigenvalue weighted by molar-refractivity contribution is 8.12. The molecule has 0 unspecified atom stereocenters. The Labute approximate surface area is 150 Å². The van der Waals surface area contributed by atoms with E-state index >= 15 is 0 Å². The molecule has 0 heterocycles. The average Bonchev–Trinajstić information content (AvgIpc) is 2.66. The fraction of sp³-hybridized carbons (Fsp3) is 0.167. The fourth-order valence-corrected chi connectivity index (χ4v) is 2.19. The Balaban J connectivity index is 1.94. The lowest BCUT2D eigenvalue weighted by Crippen LogP contribution is -2.10. The first-order valence-corrected chi connectivity index (χ1v) is 8.55. The van der Waals surface area contributed by atoms with Crippen LogP contribution in [0.5, 0.6) is 0 Å². The van der Waals surface area contributed by atoms with E-state index in [9.17, 15) is 9.59 Å². The zero-order chi connectivity index (χ0) is 17.9. The Bertz CT molecular complexity index is 735. The minimum Gasteiger partial charge on any atom is -0.457 e. The first kappa shape index (κ1) is 18.7. The lowest BCUT2D eigenvalue weighted by molar-refractivity contribution is 0.0468. The van der Waals surface area contributed by atoms with E-state index in [1.165, 1.54) is 17.3 Å². The summed E-state index contributed by atoms with van der Waals surface area (Å²) in [7, 11) is 0. The topological polar surface area (TPSA) is 91.0 Å². The summed E-state index contributed by atoms with van der Waals surface area (Å²) in [5.74, 6) is -0.148. The smallest absolute Gasteiger partial charge is 0.434 e. The molecule has 2 rings (SSSR count). The Hall–Kier alpha value is -2.64. The summed E-state index contributed by atoms with van der Waals surface area (Å²) in [5, 5.41) is 0. The van der Waals surface area contributed by atoms with Gasteiger partial charge in [-0.2, -0.15) is 4.99 Å². The largest absolute Gasteiger partial charge is 0.457 e. The maximum absolute atomic E-state index is 12.3. The van der Waals surface area contributed by atoms with Crippen LogP contribution in [0.4, 0.5) is 4.79 Å².